The second-order valence-corrected chi connectivity index (χ2v) is 6.30. The molecule has 1 aliphatic rings. The number of hydrogen-bond acceptors (Lipinski definition) is 7. The Balaban J connectivity index is 1.44. The Morgan fingerprint density at radius 3 is 2.81 bits per heavy atom. The zero-order valence-electron chi connectivity index (χ0n) is 13.4. The number of halogens is 2. The van der Waals surface area contributed by atoms with E-state index in [2.05, 4.69) is 25.8 Å². The summed E-state index contributed by atoms with van der Waals surface area (Å²) in [5.41, 5.74) is 1.67. The fourth-order valence-electron chi connectivity index (χ4n) is 2.40. The molecule has 26 heavy (non-hydrogen) atoms. The van der Waals surface area contributed by atoms with Crippen molar-refractivity contribution in [2.45, 2.75) is 6.54 Å². The molecular weight excluding hydrogens is 377 g/mol. The molecule has 7 nitrogen and oxygen atoms in total. The molecule has 0 fully saturated rings. The van der Waals surface area contributed by atoms with E-state index in [0.29, 0.717) is 34.0 Å². The zero-order chi connectivity index (χ0) is 17.9. The second kappa shape index (κ2) is 7.23. The Labute approximate surface area is 159 Å². The van der Waals surface area contributed by atoms with Gasteiger partial charge in [-0.1, -0.05) is 29.3 Å². The molecule has 9 heteroatoms. The summed E-state index contributed by atoms with van der Waals surface area (Å²) in [5.74, 6) is 2.39. The number of nitrogens with one attached hydrogen (secondary N) is 2. The molecule has 3 aromatic rings. The molecule has 2 heterocycles. The lowest BCUT2D eigenvalue weighted by molar-refractivity contribution is 0.174. The van der Waals surface area contributed by atoms with Crippen LogP contribution in [0.4, 0.5) is 17.5 Å². The van der Waals surface area contributed by atoms with E-state index in [9.17, 15) is 0 Å². The standard InChI is InChI=1S/C17H13Cl2N5O2/c18-11-2-3-13(12(19)6-11)22-17-23-16(8-21-24-17)20-7-10-1-4-14-15(5-10)26-9-25-14/h1-6,8H,7,9H2,(H2,20,22,23,24). The topological polar surface area (TPSA) is 81.2 Å². The molecule has 0 bridgehead atoms. The third kappa shape index (κ3) is 3.74. The van der Waals surface area contributed by atoms with Crippen molar-refractivity contribution in [2.75, 3.05) is 17.4 Å². The first-order valence-corrected chi connectivity index (χ1v) is 8.47. The molecule has 0 aliphatic carbocycles. The minimum absolute atomic E-state index is 0.254. The minimum Gasteiger partial charge on any atom is -0.454 e. The number of nitrogens with zero attached hydrogens (tertiary/aromatic N) is 3. The van der Waals surface area contributed by atoms with Crippen LogP contribution in [0.2, 0.25) is 10.0 Å². The van der Waals surface area contributed by atoms with Gasteiger partial charge in [0.25, 0.3) is 0 Å². The number of ether oxygens (including phenoxy) is 2. The van der Waals surface area contributed by atoms with Crippen molar-refractivity contribution in [3.05, 3.63) is 58.2 Å². The predicted octanol–water partition coefficient (Wildman–Crippen LogP) is 4.26. The summed E-state index contributed by atoms with van der Waals surface area (Å²) in [6.45, 7) is 0.806. The molecule has 0 spiro atoms. The number of hydrogen-bond donors (Lipinski definition) is 2. The molecule has 1 aliphatic heterocycles. The van der Waals surface area contributed by atoms with Crippen LogP contribution >= 0.6 is 23.2 Å². The summed E-state index contributed by atoms with van der Waals surface area (Å²) >= 11 is 12.0. The lowest BCUT2D eigenvalue weighted by atomic mass is 10.2. The van der Waals surface area contributed by atoms with Gasteiger partial charge in [0.1, 0.15) is 0 Å². The highest BCUT2D eigenvalue weighted by molar-refractivity contribution is 6.36. The average molecular weight is 390 g/mol. The Morgan fingerprint density at radius 1 is 1.04 bits per heavy atom. The molecule has 132 valence electrons. The Morgan fingerprint density at radius 2 is 1.92 bits per heavy atom. The molecule has 4 rings (SSSR count). The van der Waals surface area contributed by atoms with Crippen LogP contribution in [0.15, 0.2) is 42.6 Å². The summed E-state index contributed by atoms with van der Waals surface area (Å²) in [6.07, 6.45) is 1.54. The van der Waals surface area contributed by atoms with Crippen LogP contribution in [0.5, 0.6) is 11.5 Å². The maximum absolute atomic E-state index is 6.15. The minimum atomic E-state index is 0.254. The van der Waals surface area contributed by atoms with Gasteiger partial charge in [-0.15, -0.1) is 5.10 Å². The molecule has 1 aromatic heterocycles. The molecule has 2 aromatic carbocycles. The van der Waals surface area contributed by atoms with Gasteiger partial charge in [-0.05, 0) is 35.9 Å². The molecule has 0 saturated carbocycles. The Hall–Kier alpha value is -2.77. The van der Waals surface area contributed by atoms with E-state index in [1.165, 1.54) is 0 Å². The van der Waals surface area contributed by atoms with Gasteiger partial charge in [0, 0.05) is 11.6 Å². The lowest BCUT2D eigenvalue weighted by Gasteiger charge is -2.09. The quantitative estimate of drug-likeness (QED) is 0.674. The summed E-state index contributed by atoms with van der Waals surface area (Å²) < 4.78 is 10.7. The summed E-state index contributed by atoms with van der Waals surface area (Å²) in [5, 5.41) is 15.2. The third-order valence-corrected chi connectivity index (χ3v) is 4.19. The molecule has 0 amide bonds. The monoisotopic (exact) mass is 389 g/mol. The first-order valence-electron chi connectivity index (χ1n) is 7.71. The fraction of sp³-hybridized carbons (Fsp3) is 0.118. The van der Waals surface area contributed by atoms with Crippen LogP contribution < -0.4 is 20.1 Å². The molecule has 0 saturated heterocycles. The first kappa shape index (κ1) is 16.7. The van der Waals surface area contributed by atoms with Crippen molar-refractivity contribution in [1.29, 1.82) is 0 Å². The molecule has 0 atom stereocenters. The van der Waals surface area contributed by atoms with Gasteiger partial charge in [-0.3, -0.25) is 0 Å². The number of fused-ring (bicyclic) bond motifs is 1. The van der Waals surface area contributed by atoms with Gasteiger partial charge in [0.2, 0.25) is 12.7 Å². The van der Waals surface area contributed by atoms with E-state index in [-0.39, 0.29) is 6.79 Å². The lowest BCUT2D eigenvalue weighted by Crippen LogP contribution is -2.05. The Bertz CT molecular complexity index is 954. The third-order valence-electron chi connectivity index (χ3n) is 3.65. The first-order chi connectivity index (χ1) is 12.7. The van der Waals surface area contributed by atoms with Crippen molar-refractivity contribution in [3.8, 4) is 11.5 Å². The highest BCUT2D eigenvalue weighted by Gasteiger charge is 2.13. The van der Waals surface area contributed by atoms with E-state index in [1.54, 1.807) is 24.4 Å². The number of aromatic nitrogens is 3. The maximum atomic E-state index is 6.15. The molecule has 2 N–H and O–H groups in total. The van der Waals surface area contributed by atoms with Crippen molar-refractivity contribution >= 4 is 40.7 Å². The van der Waals surface area contributed by atoms with Crippen molar-refractivity contribution in [1.82, 2.24) is 15.2 Å². The highest BCUT2D eigenvalue weighted by atomic mass is 35.5. The normalized spacial score (nSPS) is 12.1. The van der Waals surface area contributed by atoms with Crippen molar-refractivity contribution < 1.29 is 9.47 Å². The van der Waals surface area contributed by atoms with E-state index in [0.717, 1.165) is 17.1 Å². The molecular formula is C17H13Cl2N5O2. The number of rotatable bonds is 5. The van der Waals surface area contributed by atoms with Crippen LogP contribution in [-0.2, 0) is 6.54 Å². The van der Waals surface area contributed by atoms with E-state index in [1.807, 2.05) is 18.2 Å². The van der Waals surface area contributed by atoms with E-state index >= 15 is 0 Å². The van der Waals surface area contributed by atoms with Gasteiger partial charge in [-0.25, -0.2) is 0 Å². The second-order valence-electron chi connectivity index (χ2n) is 5.46. The van der Waals surface area contributed by atoms with Crippen molar-refractivity contribution in [3.63, 3.8) is 0 Å². The van der Waals surface area contributed by atoms with Crippen LogP contribution in [-0.4, -0.2) is 22.0 Å². The number of benzene rings is 2. The van der Waals surface area contributed by atoms with Gasteiger partial charge >= 0.3 is 0 Å². The van der Waals surface area contributed by atoms with Crippen LogP contribution in [0, 0.1) is 0 Å². The molecule has 0 radical (unpaired) electrons. The summed E-state index contributed by atoms with van der Waals surface area (Å²) in [6, 6.07) is 10.9. The van der Waals surface area contributed by atoms with Gasteiger partial charge < -0.3 is 20.1 Å². The Kier molecular flexibility index (Phi) is 4.64. The average Bonchev–Trinajstić information content (AvgIpc) is 3.10. The highest BCUT2D eigenvalue weighted by Crippen LogP contribution is 2.32. The van der Waals surface area contributed by atoms with Crippen LogP contribution in [0.3, 0.4) is 0 Å². The smallest absolute Gasteiger partial charge is 0.249 e. The fourth-order valence-corrected chi connectivity index (χ4v) is 2.85. The maximum Gasteiger partial charge on any atom is 0.249 e. The van der Waals surface area contributed by atoms with Crippen LogP contribution in [0.1, 0.15) is 5.56 Å². The summed E-state index contributed by atoms with van der Waals surface area (Å²) in [7, 11) is 0. The number of anilines is 3. The van der Waals surface area contributed by atoms with Crippen LogP contribution in [0.25, 0.3) is 0 Å². The zero-order valence-corrected chi connectivity index (χ0v) is 14.9. The SMILES string of the molecule is Clc1ccc(Nc2nncc(NCc3ccc4c(c3)OCO4)n2)c(Cl)c1. The largest absolute Gasteiger partial charge is 0.454 e. The van der Waals surface area contributed by atoms with Gasteiger partial charge in [0.15, 0.2) is 17.3 Å². The van der Waals surface area contributed by atoms with E-state index in [4.69, 9.17) is 32.7 Å². The molecule has 0 unspecified atom stereocenters. The van der Waals surface area contributed by atoms with Gasteiger partial charge in [-0.2, -0.15) is 10.1 Å². The van der Waals surface area contributed by atoms with E-state index < -0.39 is 0 Å². The summed E-state index contributed by atoms with van der Waals surface area (Å²) in [4.78, 5) is 4.38. The van der Waals surface area contributed by atoms with Gasteiger partial charge in [0.05, 0.1) is 16.9 Å². The van der Waals surface area contributed by atoms with Crippen molar-refractivity contribution in [2.24, 2.45) is 0 Å². The predicted molar refractivity (Wildman–Crippen MR) is 99.5 cm³/mol.